The van der Waals surface area contributed by atoms with Gasteiger partial charge in [-0.3, -0.25) is 4.79 Å². The SMILES string of the molecule is C=C(C)/C=C/CC(C)(O)C1CCC2(C)C1C(O[C@@H]1O[C@H](C)[C@@H](O)[C@H](O)[C@H]1O)CC1C3(C)CCC(OC4OC(COC(C)=O)C(O)C4O)C(C)(C)C3CCC12C. The van der Waals surface area contributed by atoms with E-state index in [1.54, 1.807) is 6.92 Å². The number of aliphatic hydroxyl groups is 6. The van der Waals surface area contributed by atoms with E-state index in [1.165, 1.54) is 6.92 Å². The Kier molecular flexibility index (Phi) is 12.0. The molecule has 314 valence electrons. The maximum Gasteiger partial charge on any atom is 0.302 e. The van der Waals surface area contributed by atoms with Crippen LogP contribution in [-0.2, 0) is 28.5 Å². The third kappa shape index (κ3) is 7.31. The fraction of sp³-hybridized carbons (Fsp3) is 0.884. The van der Waals surface area contributed by atoms with Crippen LogP contribution in [0.15, 0.2) is 24.3 Å². The molecule has 2 saturated heterocycles. The molecule has 0 aromatic carbocycles. The van der Waals surface area contributed by atoms with Gasteiger partial charge < -0.3 is 54.3 Å². The molecule has 0 spiro atoms. The molecule has 0 radical (unpaired) electrons. The Balaban J connectivity index is 1.30. The maximum atomic E-state index is 12.2. The molecule has 12 heteroatoms. The number of fused-ring (bicyclic) bond motifs is 5. The largest absolute Gasteiger partial charge is 0.463 e. The highest BCUT2D eigenvalue weighted by Gasteiger charge is 2.72. The molecular formula is C43H70O12. The van der Waals surface area contributed by atoms with Crippen LogP contribution in [0.25, 0.3) is 0 Å². The first-order chi connectivity index (χ1) is 25.5. The molecule has 55 heavy (non-hydrogen) atoms. The lowest BCUT2D eigenvalue weighted by atomic mass is 9.35. The Morgan fingerprint density at radius 2 is 1.47 bits per heavy atom. The van der Waals surface area contributed by atoms with Crippen molar-refractivity contribution in [3.05, 3.63) is 24.3 Å². The van der Waals surface area contributed by atoms with Gasteiger partial charge in [-0.1, -0.05) is 58.9 Å². The zero-order valence-electron chi connectivity index (χ0n) is 34.5. The van der Waals surface area contributed by atoms with Crippen molar-refractivity contribution in [3.63, 3.8) is 0 Å². The molecule has 14 unspecified atom stereocenters. The lowest BCUT2D eigenvalue weighted by Gasteiger charge is -2.71. The number of carbonyl (C=O) groups is 1. The molecule has 19 atom stereocenters. The second kappa shape index (κ2) is 15.3. The molecule has 6 aliphatic rings. The lowest BCUT2D eigenvalue weighted by Crippen LogP contribution is -2.68. The molecule has 0 bridgehead atoms. The van der Waals surface area contributed by atoms with E-state index in [1.807, 2.05) is 26.0 Å². The molecule has 0 amide bonds. The third-order valence-corrected chi connectivity index (χ3v) is 16.2. The Hall–Kier alpha value is -1.45. The summed E-state index contributed by atoms with van der Waals surface area (Å²) in [7, 11) is 0. The Morgan fingerprint density at radius 1 is 0.836 bits per heavy atom. The van der Waals surface area contributed by atoms with E-state index in [9.17, 15) is 35.4 Å². The van der Waals surface area contributed by atoms with Crippen molar-refractivity contribution in [2.75, 3.05) is 6.61 Å². The normalized spacial score (nSPS) is 50.5. The Bertz CT molecular complexity index is 1450. The van der Waals surface area contributed by atoms with Gasteiger partial charge in [-0.05, 0) is 117 Å². The van der Waals surface area contributed by atoms with E-state index in [4.69, 9.17) is 23.7 Å². The van der Waals surface area contributed by atoms with Crippen LogP contribution in [0.2, 0.25) is 0 Å². The van der Waals surface area contributed by atoms with Gasteiger partial charge in [0.25, 0.3) is 0 Å². The molecule has 2 aliphatic heterocycles. The summed E-state index contributed by atoms with van der Waals surface area (Å²) in [5.74, 6) is -0.261. The first-order valence-electron chi connectivity index (χ1n) is 20.7. The van der Waals surface area contributed by atoms with E-state index in [2.05, 4.69) is 41.2 Å². The van der Waals surface area contributed by atoms with E-state index in [-0.39, 0.29) is 58.0 Å². The molecule has 0 aromatic heterocycles. The fourth-order valence-electron chi connectivity index (χ4n) is 13.1. The van der Waals surface area contributed by atoms with Gasteiger partial charge in [-0.15, -0.1) is 0 Å². The van der Waals surface area contributed by atoms with Gasteiger partial charge in [-0.2, -0.15) is 0 Å². The van der Waals surface area contributed by atoms with Crippen molar-refractivity contribution in [1.82, 2.24) is 0 Å². The number of aliphatic hydroxyl groups excluding tert-OH is 5. The van der Waals surface area contributed by atoms with Crippen molar-refractivity contribution >= 4 is 5.97 Å². The number of hydrogen-bond donors (Lipinski definition) is 6. The summed E-state index contributed by atoms with van der Waals surface area (Å²) in [4.78, 5) is 11.4. The monoisotopic (exact) mass is 778 g/mol. The first-order valence-corrected chi connectivity index (χ1v) is 20.7. The summed E-state index contributed by atoms with van der Waals surface area (Å²) in [5, 5.41) is 66.3. The van der Waals surface area contributed by atoms with Crippen LogP contribution in [0, 0.1) is 45.3 Å². The van der Waals surface area contributed by atoms with Crippen molar-refractivity contribution in [2.45, 2.75) is 187 Å². The average molecular weight is 779 g/mol. The van der Waals surface area contributed by atoms with Crippen LogP contribution in [-0.4, -0.2) is 116 Å². The summed E-state index contributed by atoms with van der Waals surface area (Å²) in [6, 6.07) is 0. The summed E-state index contributed by atoms with van der Waals surface area (Å²) >= 11 is 0. The predicted molar refractivity (Wildman–Crippen MR) is 203 cm³/mol. The highest BCUT2D eigenvalue weighted by Crippen LogP contribution is 2.76. The minimum absolute atomic E-state index is 0.0720. The standard InChI is InChI=1S/C43H70O12/c1-22(2)12-11-16-43(10,50)25-13-18-42(9)31(25)26(53-37-36(49)34(47)32(45)23(3)52-37)20-29-40(7)17-15-30(39(5,6)28(40)14-19-41(29,42)8)55-38-35(48)33(46)27(54-38)21-51-24(4)44/h11-12,23,25-38,45-50H,1,13-21H2,2-10H3/b12-11+/t23-,25?,26?,27?,28?,29?,30?,31?,32-,33?,34+,35?,36-,37+,38?,40?,41?,42?,43?/m1/s1. The van der Waals surface area contributed by atoms with Crippen LogP contribution < -0.4 is 0 Å². The third-order valence-electron chi connectivity index (χ3n) is 16.2. The molecule has 6 N–H and O–H groups in total. The van der Waals surface area contributed by atoms with Crippen molar-refractivity contribution in [3.8, 4) is 0 Å². The van der Waals surface area contributed by atoms with Crippen molar-refractivity contribution < 1.29 is 59.1 Å². The topological polar surface area (TPSA) is 185 Å². The molecule has 6 fully saturated rings. The predicted octanol–water partition coefficient (Wildman–Crippen LogP) is 4.16. The van der Waals surface area contributed by atoms with Gasteiger partial charge in [0, 0.05) is 6.92 Å². The van der Waals surface area contributed by atoms with Crippen LogP contribution in [0.3, 0.4) is 0 Å². The first kappa shape index (κ1) is 43.1. The van der Waals surface area contributed by atoms with Crippen LogP contribution in [0.5, 0.6) is 0 Å². The summed E-state index contributed by atoms with van der Waals surface area (Å²) in [5.41, 5.74) is -0.973. The molecule has 6 rings (SSSR count). The smallest absolute Gasteiger partial charge is 0.302 e. The van der Waals surface area contributed by atoms with Crippen LogP contribution in [0.1, 0.15) is 114 Å². The Labute approximate surface area is 327 Å². The summed E-state index contributed by atoms with van der Waals surface area (Å²) < 4.78 is 30.6. The van der Waals surface area contributed by atoms with E-state index >= 15 is 0 Å². The van der Waals surface area contributed by atoms with Gasteiger partial charge in [0.1, 0.15) is 43.2 Å². The number of ether oxygens (including phenoxy) is 5. The number of allylic oxidation sites excluding steroid dienone is 2. The lowest BCUT2D eigenvalue weighted by molar-refractivity contribution is -0.332. The minimum atomic E-state index is -1.44. The van der Waals surface area contributed by atoms with E-state index in [0.717, 1.165) is 37.7 Å². The van der Waals surface area contributed by atoms with Crippen molar-refractivity contribution in [2.24, 2.45) is 45.3 Å². The zero-order chi connectivity index (χ0) is 40.6. The highest BCUT2D eigenvalue weighted by atomic mass is 16.7. The van der Waals surface area contributed by atoms with Gasteiger partial charge in [0.2, 0.25) is 0 Å². The van der Waals surface area contributed by atoms with Gasteiger partial charge in [0.15, 0.2) is 12.6 Å². The van der Waals surface area contributed by atoms with Crippen LogP contribution >= 0.6 is 0 Å². The second-order valence-electron chi connectivity index (χ2n) is 19.9. The van der Waals surface area contributed by atoms with E-state index < -0.39 is 73.0 Å². The molecule has 4 aliphatic carbocycles. The fourth-order valence-corrected chi connectivity index (χ4v) is 13.1. The summed E-state index contributed by atoms with van der Waals surface area (Å²) in [6.07, 6.45) is -0.863. The quantitative estimate of drug-likeness (QED) is 0.106. The highest BCUT2D eigenvalue weighted by molar-refractivity contribution is 5.65. The summed E-state index contributed by atoms with van der Waals surface area (Å²) in [6.45, 7) is 22.4. The van der Waals surface area contributed by atoms with Gasteiger partial charge in [-0.25, -0.2) is 0 Å². The zero-order valence-corrected chi connectivity index (χ0v) is 34.5. The number of carbonyl (C=O) groups excluding carboxylic acids is 1. The molecular weight excluding hydrogens is 708 g/mol. The number of rotatable bonds is 10. The van der Waals surface area contributed by atoms with Gasteiger partial charge >= 0.3 is 5.97 Å². The van der Waals surface area contributed by atoms with E-state index in [0.29, 0.717) is 19.3 Å². The number of hydrogen-bond acceptors (Lipinski definition) is 12. The van der Waals surface area contributed by atoms with Crippen molar-refractivity contribution in [1.29, 1.82) is 0 Å². The minimum Gasteiger partial charge on any atom is -0.463 e. The second-order valence-corrected chi connectivity index (χ2v) is 19.9. The molecule has 2 heterocycles. The maximum absolute atomic E-state index is 12.2. The average Bonchev–Trinajstić information content (AvgIpc) is 3.60. The Morgan fingerprint density at radius 3 is 2.13 bits per heavy atom. The number of esters is 1. The molecule has 4 saturated carbocycles. The molecule has 12 nitrogen and oxygen atoms in total. The molecule has 0 aromatic rings. The van der Waals surface area contributed by atoms with Gasteiger partial charge in [0.05, 0.1) is 23.9 Å². The van der Waals surface area contributed by atoms with Crippen LogP contribution in [0.4, 0.5) is 0 Å².